The lowest BCUT2D eigenvalue weighted by molar-refractivity contribution is -0.145. The zero-order valence-electron chi connectivity index (χ0n) is 11.0. The third-order valence-corrected chi connectivity index (χ3v) is 3.52. The van der Waals surface area contributed by atoms with Gasteiger partial charge in [-0.25, -0.2) is 4.79 Å². The van der Waals surface area contributed by atoms with Crippen molar-refractivity contribution < 1.29 is 19.8 Å². The number of carbonyl (C=O) groups is 2. The van der Waals surface area contributed by atoms with Gasteiger partial charge in [0.05, 0.1) is 5.56 Å². The summed E-state index contributed by atoms with van der Waals surface area (Å²) in [6.45, 7) is 2.11. The Bertz CT molecular complexity index is 595. The summed E-state index contributed by atoms with van der Waals surface area (Å²) in [4.78, 5) is 38.4. The molecule has 1 aliphatic heterocycles. The van der Waals surface area contributed by atoms with E-state index in [9.17, 15) is 24.6 Å². The molecule has 2 unspecified atom stereocenters. The van der Waals surface area contributed by atoms with Crippen LogP contribution in [-0.4, -0.2) is 44.6 Å². The number of nitrogens with zero attached hydrogens (tertiary/aromatic N) is 1. The van der Waals surface area contributed by atoms with Crippen molar-refractivity contribution in [2.75, 3.05) is 6.54 Å². The number of hydrogen-bond acceptors (Lipinski definition) is 4. The maximum Gasteiger partial charge on any atom is 0.326 e. The summed E-state index contributed by atoms with van der Waals surface area (Å²) in [5.74, 6) is -2.18. The second-order valence-corrected chi connectivity index (χ2v) is 5.02. The average Bonchev–Trinajstić information content (AvgIpc) is 2.35. The largest absolute Gasteiger partial charge is 0.494 e. The molecular weight excluding hydrogens is 264 g/mol. The third kappa shape index (κ3) is 2.66. The molecule has 1 amide bonds. The molecule has 0 saturated carbocycles. The number of amides is 1. The number of pyridine rings is 1. The molecule has 0 aliphatic carbocycles. The molecule has 3 N–H and O–H groups in total. The number of nitrogens with one attached hydrogen (secondary N) is 1. The van der Waals surface area contributed by atoms with E-state index in [2.05, 4.69) is 4.98 Å². The molecule has 1 aromatic rings. The Morgan fingerprint density at radius 2 is 2.10 bits per heavy atom. The fourth-order valence-corrected chi connectivity index (χ4v) is 2.61. The van der Waals surface area contributed by atoms with Gasteiger partial charge in [0.15, 0.2) is 5.88 Å². The van der Waals surface area contributed by atoms with Crippen molar-refractivity contribution in [3.05, 3.63) is 28.0 Å². The van der Waals surface area contributed by atoms with Crippen LogP contribution in [0.2, 0.25) is 0 Å². The normalized spacial score (nSPS) is 22.6. The minimum atomic E-state index is -1.06. The van der Waals surface area contributed by atoms with Crippen LogP contribution in [-0.2, 0) is 4.79 Å². The fraction of sp³-hybridized carbons (Fsp3) is 0.462. The monoisotopic (exact) mass is 280 g/mol. The quantitative estimate of drug-likeness (QED) is 0.726. The van der Waals surface area contributed by atoms with Crippen LogP contribution in [0.15, 0.2) is 16.9 Å². The lowest BCUT2D eigenvalue weighted by Crippen LogP contribution is -2.52. The van der Waals surface area contributed by atoms with Crippen molar-refractivity contribution in [2.45, 2.75) is 25.8 Å². The van der Waals surface area contributed by atoms with Gasteiger partial charge in [-0.05, 0) is 18.8 Å². The molecule has 0 radical (unpaired) electrons. The highest BCUT2D eigenvalue weighted by Crippen LogP contribution is 2.25. The van der Waals surface area contributed by atoms with E-state index in [4.69, 9.17) is 0 Å². The van der Waals surface area contributed by atoms with Crippen LogP contribution in [0.5, 0.6) is 5.88 Å². The first kappa shape index (κ1) is 14.1. The van der Waals surface area contributed by atoms with E-state index in [0.717, 1.165) is 18.6 Å². The first-order chi connectivity index (χ1) is 9.40. The van der Waals surface area contributed by atoms with E-state index in [-0.39, 0.29) is 11.5 Å². The van der Waals surface area contributed by atoms with Crippen molar-refractivity contribution in [3.63, 3.8) is 0 Å². The standard InChI is InChI=1S/C13H16N2O5/c1-7-3-2-4-15(11(7)13(19)20)12(18)8-5-9(16)14-10(17)6-8/h5-7,11H,2-4H2,1H3,(H,19,20)(H2,14,16,17). The number of carboxylic acid groups (broad SMARTS) is 1. The fourth-order valence-electron chi connectivity index (χ4n) is 2.61. The third-order valence-electron chi connectivity index (χ3n) is 3.52. The Balaban J connectivity index is 2.35. The summed E-state index contributed by atoms with van der Waals surface area (Å²) < 4.78 is 0. The van der Waals surface area contributed by atoms with Gasteiger partial charge in [0.1, 0.15) is 6.04 Å². The van der Waals surface area contributed by atoms with Crippen LogP contribution in [0.1, 0.15) is 30.1 Å². The SMILES string of the molecule is CC1CCCN(C(=O)c2cc(O)[nH]c(=O)c2)C1C(=O)O. The van der Waals surface area contributed by atoms with Crippen LogP contribution in [0.4, 0.5) is 0 Å². The van der Waals surface area contributed by atoms with Gasteiger partial charge in [0.25, 0.3) is 11.5 Å². The number of likely N-dealkylation sites (tertiary alicyclic amines) is 1. The van der Waals surface area contributed by atoms with Gasteiger partial charge < -0.3 is 15.1 Å². The van der Waals surface area contributed by atoms with Crippen LogP contribution in [0.3, 0.4) is 0 Å². The van der Waals surface area contributed by atoms with Gasteiger partial charge >= 0.3 is 5.97 Å². The Morgan fingerprint density at radius 3 is 2.70 bits per heavy atom. The number of carbonyl (C=O) groups excluding carboxylic acids is 1. The van der Waals surface area contributed by atoms with E-state index in [1.807, 2.05) is 0 Å². The number of aromatic amines is 1. The number of rotatable bonds is 2. The molecule has 2 atom stereocenters. The molecule has 7 nitrogen and oxygen atoms in total. The minimum Gasteiger partial charge on any atom is -0.494 e. The number of aliphatic carboxylic acids is 1. The summed E-state index contributed by atoms with van der Waals surface area (Å²) in [7, 11) is 0. The molecule has 2 heterocycles. The van der Waals surface area contributed by atoms with Crippen molar-refractivity contribution >= 4 is 11.9 Å². The zero-order valence-corrected chi connectivity index (χ0v) is 11.0. The van der Waals surface area contributed by atoms with Crippen molar-refractivity contribution in [3.8, 4) is 5.88 Å². The number of aromatic hydroxyl groups is 1. The predicted octanol–water partition coefficient (Wildman–Crippen LogP) is 0.406. The highest BCUT2D eigenvalue weighted by atomic mass is 16.4. The molecule has 1 aromatic heterocycles. The highest BCUT2D eigenvalue weighted by molar-refractivity contribution is 5.97. The van der Waals surface area contributed by atoms with Gasteiger partial charge in [0.2, 0.25) is 0 Å². The van der Waals surface area contributed by atoms with Crippen LogP contribution < -0.4 is 5.56 Å². The Kier molecular flexibility index (Phi) is 3.78. The molecular formula is C13H16N2O5. The number of hydrogen-bond donors (Lipinski definition) is 3. The van der Waals surface area contributed by atoms with E-state index in [1.165, 1.54) is 4.90 Å². The Morgan fingerprint density at radius 1 is 1.40 bits per heavy atom. The molecule has 0 spiro atoms. The molecule has 1 aliphatic rings. The molecule has 2 rings (SSSR count). The lowest BCUT2D eigenvalue weighted by Gasteiger charge is -2.37. The first-order valence-electron chi connectivity index (χ1n) is 6.37. The van der Waals surface area contributed by atoms with Gasteiger partial charge in [-0.2, -0.15) is 0 Å². The number of aromatic nitrogens is 1. The van der Waals surface area contributed by atoms with Crippen LogP contribution >= 0.6 is 0 Å². The van der Waals surface area contributed by atoms with Gasteiger partial charge in [-0.15, -0.1) is 0 Å². The van der Waals surface area contributed by atoms with Crippen molar-refractivity contribution in [2.24, 2.45) is 5.92 Å². The molecule has 20 heavy (non-hydrogen) atoms. The van der Waals surface area contributed by atoms with E-state index in [0.29, 0.717) is 13.0 Å². The zero-order chi connectivity index (χ0) is 14.9. The lowest BCUT2D eigenvalue weighted by atomic mass is 9.90. The maximum atomic E-state index is 12.4. The summed E-state index contributed by atoms with van der Waals surface area (Å²) in [5, 5.41) is 18.6. The summed E-state index contributed by atoms with van der Waals surface area (Å²) in [5.41, 5.74) is -0.614. The summed E-state index contributed by atoms with van der Waals surface area (Å²) in [6, 6.07) is 1.28. The Labute approximate surface area is 114 Å². The second kappa shape index (κ2) is 5.36. The summed E-state index contributed by atoms with van der Waals surface area (Å²) >= 11 is 0. The molecule has 108 valence electrons. The Hall–Kier alpha value is -2.31. The molecule has 7 heteroatoms. The molecule has 1 fully saturated rings. The predicted molar refractivity (Wildman–Crippen MR) is 69.6 cm³/mol. The number of carboxylic acids is 1. The van der Waals surface area contributed by atoms with Crippen LogP contribution in [0.25, 0.3) is 0 Å². The minimum absolute atomic E-state index is 0.00778. The second-order valence-electron chi connectivity index (χ2n) is 5.02. The topological polar surface area (TPSA) is 111 Å². The average molecular weight is 280 g/mol. The van der Waals surface area contributed by atoms with E-state index in [1.54, 1.807) is 6.92 Å². The smallest absolute Gasteiger partial charge is 0.326 e. The molecule has 0 aromatic carbocycles. The van der Waals surface area contributed by atoms with Crippen molar-refractivity contribution in [1.82, 2.24) is 9.88 Å². The molecule has 0 bridgehead atoms. The number of H-pyrrole nitrogens is 1. The van der Waals surface area contributed by atoms with Crippen molar-refractivity contribution in [1.29, 1.82) is 0 Å². The first-order valence-corrected chi connectivity index (χ1v) is 6.37. The maximum absolute atomic E-state index is 12.4. The van der Waals surface area contributed by atoms with Gasteiger partial charge in [-0.3, -0.25) is 14.6 Å². The van der Waals surface area contributed by atoms with Gasteiger partial charge in [-0.1, -0.05) is 6.92 Å². The van der Waals surface area contributed by atoms with E-state index < -0.39 is 29.4 Å². The highest BCUT2D eigenvalue weighted by Gasteiger charge is 2.37. The summed E-state index contributed by atoms with van der Waals surface area (Å²) in [6.07, 6.45) is 1.45. The molecule has 1 saturated heterocycles. The van der Waals surface area contributed by atoms with E-state index >= 15 is 0 Å². The van der Waals surface area contributed by atoms with Crippen LogP contribution in [0, 0.1) is 5.92 Å². The number of piperidine rings is 1. The van der Waals surface area contributed by atoms with Gasteiger partial charge in [0, 0.05) is 18.7 Å².